The van der Waals surface area contributed by atoms with Crippen molar-refractivity contribution < 1.29 is 9.59 Å². The van der Waals surface area contributed by atoms with E-state index in [9.17, 15) is 9.59 Å². The van der Waals surface area contributed by atoms with Crippen molar-refractivity contribution in [1.82, 2.24) is 4.90 Å². The Kier molecular flexibility index (Phi) is 6.04. The number of nitrogens with zero attached hydrogens (tertiary/aromatic N) is 1. The minimum Gasteiger partial charge on any atom is -0.370 e. The third-order valence-electron chi connectivity index (χ3n) is 4.03. The lowest BCUT2D eigenvalue weighted by Crippen LogP contribution is -2.37. The van der Waals surface area contributed by atoms with E-state index in [2.05, 4.69) is 12.1 Å². The molecule has 0 spiro atoms. The van der Waals surface area contributed by atoms with Crippen LogP contribution in [0.1, 0.15) is 23.7 Å². The molecule has 0 heterocycles. The Hall–Kier alpha value is -2.27. The maximum atomic E-state index is 12.5. The normalized spacial score (nSPS) is 11.8. The lowest BCUT2D eigenvalue weighted by molar-refractivity contribution is -0.118. The minimum atomic E-state index is -0.411. The van der Waals surface area contributed by atoms with Crippen LogP contribution in [0.3, 0.4) is 0 Å². The van der Waals surface area contributed by atoms with Gasteiger partial charge in [0, 0.05) is 30.0 Å². The van der Waals surface area contributed by atoms with Crippen LogP contribution in [-0.2, 0) is 4.79 Å². The molecule has 5 heteroatoms. The fourth-order valence-corrected chi connectivity index (χ4v) is 3.13. The number of thioether (sulfide) groups is 1. The zero-order valence-corrected chi connectivity index (χ0v) is 15.0. The Morgan fingerprint density at radius 3 is 2.33 bits per heavy atom. The summed E-state index contributed by atoms with van der Waals surface area (Å²) in [5, 5.41) is 0. The van der Waals surface area contributed by atoms with Crippen LogP contribution in [-0.4, -0.2) is 36.1 Å². The van der Waals surface area contributed by atoms with E-state index in [1.54, 1.807) is 23.7 Å². The van der Waals surface area contributed by atoms with Crippen LogP contribution in [0.15, 0.2) is 53.4 Å². The molecular formula is C19H22N2O2S. The van der Waals surface area contributed by atoms with Crippen molar-refractivity contribution in [2.45, 2.75) is 24.3 Å². The summed E-state index contributed by atoms with van der Waals surface area (Å²) in [5.41, 5.74) is 8.02. The third-order valence-corrected chi connectivity index (χ3v) is 4.82. The van der Waals surface area contributed by atoms with E-state index in [0.29, 0.717) is 5.56 Å². The number of hydrogen-bond acceptors (Lipinski definition) is 3. The van der Waals surface area contributed by atoms with Gasteiger partial charge < -0.3 is 10.6 Å². The Morgan fingerprint density at radius 1 is 1.12 bits per heavy atom. The fraction of sp³-hybridized carbons (Fsp3) is 0.263. The number of hydrogen-bond donors (Lipinski definition) is 1. The van der Waals surface area contributed by atoms with Crippen LogP contribution < -0.4 is 5.73 Å². The van der Waals surface area contributed by atoms with E-state index in [-0.39, 0.29) is 18.4 Å². The molecule has 0 aliphatic heterocycles. The molecule has 2 aromatic carbocycles. The summed E-state index contributed by atoms with van der Waals surface area (Å²) in [7, 11) is 1.69. The molecule has 0 aliphatic rings. The largest absolute Gasteiger partial charge is 0.370 e. The molecule has 0 fully saturated rings. The van der Waals surface area contributed by atoms with Crippen LogP contribution in [0.5, 0.6) is 0 Å². The Morgan fingerprint density at radius 2 is 1.75 bits per heavy atom. The highest BCUT2D eigenvalue weighted by Gasteiger charge is 2.19. The van der Waals surface area contributed by atoms with Gasteiger partial charge in [0.2, 0.25) is 5.91 Å². The standard InChI is InChI=1S/C19H22N2O2S/c1-13(12-18(20)22)21(2)19(23)15-10-8-14(9-11-15)16-6-4-5-7-17(16)24-3/h4-11,13H,12H2,1-3H3,(H2,20,22). The van der Waals surface area contributed by atoms with Crippen LogP contribution in [0.25, 0.3) is 11.1 Å². The molecule has 0 aliphatic carbocycles. The van der Waals surface area contributed by atoms with Gasteiger partial charge in [-0.3, -0.25) is 9.59 Å². The van der Waals surface area contributed by atoms with Gasteiger partial charge in [0.1, 0.15) is 0 Å². The predicted molar refractivity (Wildman–Crippen MR) is 99.0 cm³/mol. The second kappa shape index (κ2) is 8.02. The molecule has 0 saturated heterocycles. The maximum absolute atomic E-state index is 12.5. The number of amides is 2. The number of carbonyl (C=O) groups excluding carboxylic acids is 2. The number of benzene rings is 2. The number of nitrogens with two attached hydrogens (primary N) is 1. The van der Waals surface area contributed by atoms with Crippen LogP contribution in [0, 0.1) is 0 Å². The Bertz CT molecular complexity index is 728. The topological polar surface area (TPSA) is 63.4 Å². The van der Waals surface area contributed by atoms with Crippen molar-refractivity contribution in [2.24, 2.45) is 5.73 Å². The van der Waals surface area contributed by atoms with Gasteiger partial charge >= 0.3 is 0 Å². The minimum absolute atomic E-state index is 0.117. The van der Waals surface area contributed by atoms with Gasteiger partial charge in [0.15, 0.2) is 0 Å². The summed E-state index contributed by atoms with van der Waals surface area (Å²) in [5.74, 6) is -0.528. The van der Waals surface area contributed by atoms with Gasteiger partial charge in [0.25, 0.3) is 5.91 Å². The van der Waals surface area contributed by atoms with Crippen molar-refractivity contribution in [1.29, 1.82) is 0 Å². The van der Waals surface area contributed by atoms with Crippen LogP contribution in [0.2, 0.25) is 0 Å². The molecule has 126 valence electrons. The van der Waals surface area contributed by atoms with Gasteiger partial charge in [-0.2, -0.15) is 0 Å². The van der Waals surface area contributed by atoms with Gasteiger partial charge in [-0.1, -0.05) is 30.3 Å². The van der Waals surface area contributed by atoms with Crippen LogP contribution in [0.4, 0.5) is 0 Å². The summed E-state index contributed by atoms with van der Waals surface area (Å²) in [6.45, 7) is 1.81. The Labute approximate surface area is 147 Å². The van der Waals surface area contributed by atoms with Crippen molar-refractivity contribution in [3.8, 4) is 11.1 Å². The van der Waals surface area contributed by atoms with E-state index >= 15 is 0 Å². The average molecular weight is 342 g/mol. The molecule has 2 N–H and O–H groups in total. The molecule has 0 saturated carbocycles. The molecule has 1 atom stereocenters. The molecule has 2 rings (SSSR count). The lowest BCUT2D eigenvalue weighted by atomic mass is 10.0. The van der Waals surface area contributed by atoms with Gasteiger partial charge in [-0.15, -0.1) is 11.8 Å². The Balaban J connectivity index is 2.20. The first-order valence-corrected chi connectivity index (χ1v) is 8.95. The summed E-state index contributed by atoms with van der Waals surface area (Å²) < 4.78 is 0. The summed E-state index contributed by atoms with van der Waals surface area (Å²) >= 11 is 1.70. The highest BCUT2D eigenvalue weighted by Crippen LogP contribution is 2.30. The summed E-state index contributed by atoms with van der Waals surface area (Å²) in [4.78, 5) is 26.3. The lowest BCUT2D eigenvalue weighted by Gasteiger charge is -2.24. The first-order chi connectivity index (χ1) is 11.4. The molecule has 1 unspecified atom stereocenters. The molecule has 2 amide bonds. The molecule has 0 aromatic heterocycles. The smallest absolute Gasteiger partial charge is 0.253 e. The van der Waals surface area contributed by atoms with Crippen molar-refractivity contribution in [3.05, 3.63) is 54.1 Å². The first kappa shape index (κ1) is 18.1. The molecule has 4 nitrogen and oxygen atoms in total. The number of primary amides is 1. The SMILES string of the molecule is CSc1ccccc1-c1ccc(C(=O)N(C)C(C)CC(N)=O)cc1. The molecule has 0 radical (unpaired) electrons. The van der Waals surface area contributed by atoms with Gasteiger partial charge in [-0.05, 0) is 42.5 Å². The predicted octanol–water partition coefficient (Wildman–Crippen LogP) is 3.41. The monoisotopic (exact) mass is 342 g/mol. The number of rotatable bonds is 6. The fourth-order valence-electron chi connectivity index (χ4n) is 2.51. The molecular weight excluding hydrogens is 320 g/mol. The highest BCUT2D eigenvalue weighted by atomic mass is 32.2. The highest BCUT2D eigenvalue weighted by molar-refractivity contribution is 7.98. The first-order valence-electron chi connectivity index (χ1n) is 7.73. The second-order valence-electron chi connectivity index (χ2n) is 5.71. The summed E-state index contributed by atoms with van der Waals surface area (Å²) in [6, 6.07) is 15.5. The second-order valence-corrected chi connectivity index (χ2v) is 6.56. The van der Waals surface area contributed by atoms with Crippen molar-refractivity contribution in [3.63, 3.8) is 0 Å². The van der Waals surface area contributed by atoms with E-state index in [1.165, 1.54) is 4.90 Å². The molecule has 0 bridgehead atoms. The zero-order chi connectivity index (χ0) is 17.7. The van der Waals surface area contributed by atoms with Gasteiger partial charge in [0.05, 0.1) is 0 Å². The van der Waals surface area contributed by atoms with E-state index in [0.717, 1.165) is 11.1 Å². The zero-order valence-electron chi connectivity index (χ0n) is 14.2. The van der Waals surface area contributed by atoms with E-state index in [1.807, 2.05) is 49.6 Å². The maximum Gasteiger partial charge on any atom is 0.253 e. The van der Waals surface area contributed by atoms with Crippen LogP contribution >= 0.6 is 11.8 Å². The average Bonchev–Trinajstić information content (AvgIpc) is 2.60. The molecule has 24 heavy (non-hydrogen) atoms. The van der Waals surface area contributed by atoms with Gasteiger partial charge in [-0.25, -0.2) is 0 Å². The summed E-state index contributed by atoms with van der Waals surface area (Å²) in [6.07, 6.45) is 2.20. The van der Waals surface area contributed by atoms with E-state index in [4.69, 9.17) is 5.73 Å². The number of carbonyl (C=O) groups is 2. The van der Waals surface area contributed by atoms with E-state index < -0.39 is 5.91 Å². The van der Waals surface area contributed by atoms with Crippen molar-refractivity contribution in [2.75, 3.05) is 13.3 Å². The molecule has 2 aromatic rings. The van der Waals surface area contributed by atoms with Crippen molar-refractivity contribution >= 4 is 23.6 Å². The quantitative estimate of drug-likeness (QED) is 0.818. The third kappa shape index (κ3) is 4.17.